The molecule has 0 spiro atoms. The second kappa shape index (κ2) is 10.4. The lowest BCUT2D eigenvalue weighted by Gasteiger charge is -2.34. The van der Waals surface area contributed by atoms with E-state index in [1.165, 1.54) is 0 Å². The molecule has 4 amide bonds. The van der Waals surface area contributed by atoms with E-state index in [-0.39, 0.29) is 12.1 Å². The van der Waals surface area contributed by atoms with Crippen molar-refractivity contribution in [3.63, 3.8) is 0 Å². The van der Waals surface area contributed by atoms with Crippen LogP contribution in [-0.2, 0) is 0 Å². The fourth-order valence-corrected chi connectivity index (χ4v) is 3.12. The molecule has 8 nitrogen and oxygen atoms in total. The smallest absolute Gasteiger partial charge is 0.321 e. The summed E-state index contributed by atoms with van der Waals surface area (Å²) >= 11 is 0. The van der Waals surface area contributed by atoms with Crippen LogP contribution >= 0.6 is 0 Å². The highest BCUT2D eigenvalue weighted by molar-refractivity contribution is 5.91. The lowest BCUT2D eigenvalue weighted by molar-refractivity contribution is 0.156. The van der Waals surface area contributed by atoms with E-state index >= 15 is 0 Å². The molecule has 8 heteroatoms. The van der Waals surface area contributed by atoms with Crippen molar-refractivity contribution >= 4 is 23.4 Å². The monoisotopic (exact) mass is 412 g/mol. The molecule has 3 rings (SSSR count). The Hall–Kier alpha value is -3.42. The molecule has 1 aliphatic heterocycles. The highest BCUT2D eigenvalue weighted by Gasteiger charge is 2.24. The van der Waals surface area contributed by atoms with Crippen molar-refractivity contribution in [3.8, 4) is 11.5 Å². The van der Waals surface area contributed by atoms with Crippen LogP contribution in [0.2, 0.25) is 0 Å². The molecule has 0 saturated carbocycles. The van der Waals surface area contributed by atoms with Crippen molar-refractivity contribution in [2.75, 3.05) is 50.0 Å². The SMILES string of the molecule is CCOc1ccc(NC(=O)N2CCN(C(=O)Nc3ccc(OCC)cc3)CC2)cc1. The van der Waals surface area contributed by atoms with Gasteiger partial charge in [0.15, 0.2) is 0 Å². The molecule has 1 aliphatic rings. The number of carbonyl (C=O) groups excluding carboxylic acids is 2. The number of ether oxygens (including phenoxy) is 2. The Morgan fingerprint density at radius 2 is 1.03 bits per heavy atom. The van der Waals surface area contributed by atoms with Crippen LogP contribution in [0.25, 0.3) is 0 Å². The van der Waals surface area contributed by atoms with Gasteiger partial charge in [0.1, 0.15) is 11.5 Å². The number of hydrogen-bond acceptors (Lipinski definition) is 4. The summed E-state index contributed by atoms with van der Waals surface area (Å²) in [5.41, 5.74) is 1.42. The minimum atomic E-state index is -0.175. The predicted octanol–water partition coefficient (Wildman–Crippen LogP) is 3.87. The van der Waals surface area contributed by atoms with Crippen molar-refractivity contribution < 1.29 is 19.1 Å². The highest BCUT2D eigenvalue weighted by Crippen LogP contribution is 2.18. The zero-order valence-electron chi connectivity index (χ0n) is 17.4. The van der Waals surface area contributed by atoms with Crippen LogP contribution in [0.4, 0.5) is 21.0 Å². The number of hydrogen-bond donors (Lipinski definition) is 2. The molecule has 2 aromatic carbocycles. The zero-order chi connectivity index (χ0) is 21.3. The molecule has 0 aromatic heterocycles. The molecule has 0 unspecified atom stereocenters. The number of carbonyl (C=O) groups is 2. The van der Waals surface area contributed by atoms with Crippen LogP contribution in [-0.4, -0.2) is 61.3 Å². The summed E-state index contributed by atoms with van der Waals surface area (Å²) in [5, 5.41) is 5.76. The van der Waals surface area contributed by atoms with E-state index in [0.717, 1.165) is 11.5 Å². The predicted molar refractivity (Wildman–Crippen MR) is 116 cm³/mol. The Kier molecular flexibility index (Phi) is 7.37. The van der Waals surface area contributed by atoms with Gasteiger partial charge < -0.3 is 29.9 Å². The van der Waals surface area contributed by atoms with Gasteiger partial charge >= 0.3 is 12.1 Å². The molecule has 30 heavy (non-hydrogen) atoms. The fourth-order valence-electron chi connectivity index (χ4n) is 3.12. The Bertz CT molecular complexity index is 760. The molecule has 1 saturated heterocycles. The topological polar surface area (TPSA) is 83.1 Å². The lowest BCUT2D eigenvalue weighted by Crippen LogP contribution is -2.52. The third-order valence-electron chi connectivity index (χ3n) is 4.69. The van der Waals surface area contributed by atoms with Crippen LogP contribution in [0.3, 0.4) is 0 Å². The Morgan fingerprint density at radius 1 is 0.700 bits per heavy atom. The van der Waals surface area contributed by atoms with Gasteiger partial charge in [-0.05, 0) is 62.4 Å². The summed E-state index contributed by atoms with van der Waals surface area (Å²) in [5.74, 6) is 1.53. The first-order valence-electron chi connectivity index (χ1n) is 10.2. The van der Waals surface area contributed by atoms with Gasteiger partial charge in [-0.3, -0.25) is 0 Å². The van der Waals surface area contributed by atoms with E-state index in [9.17, 15) is 9.59 Å². The van der Waals surface area contributed by atoms with E-state index in [1.807, 2.05) is 62.4 Å². The number of benzene rings is 2. The highest BCUT2D eigenvalue weighted by atomic mass is 16.5. The molecule has 0 aliphatic carbocycles. The number of piperazine rings is 1. The number of anilines is 2. The van der Waals surface area contributed by atoms with Crippen molar-refractivity contribution in [2.24, 2.45) is 0 Å². The summed E-state index contributed by atoms with van der Waals surface area (Å²) in [7, 11) is 0. The molecule has 1 fully saturated rings. The van der Waals surface area contributed by atoms with E-state index in [2.05, 4.69) is 10.6 Å². The standard InChI is InChI=1S/C22H28N4O4/c1-3-29-19-9-5-17(6-10-19)23-21(27)25-13-15-26(16-14-25)22(28)24-18-7-11-20(12-8-18)30-4-2/h5-12H,3-4,13-16H2,1-2H3,(H,23,27)(H,24,28). The summed E-state index contributed by atoms with van der Waals surface area (Å²) in [6.45, 7) is 6.93. The van der Waals surface area contributed by atoms with Gasteiger partial charge in [-0.15, -0.1) is 0 Å². The second-order valence-corrected chi connectivity index (χ2v) is 6.75. The number of nitrogens with one attached hydrogen (secondary N) is 2. The largest absolute Gasteiger partial charge is 0.494 e. The van der Waals surface area contributed by atoms with Crippen LogP contribution in [0.15, 0.2) is 48.5 Å². The number of amides is 4. The van der Waals surface area contributed by atoms with Crippen LogP contribution in [0.1, 0.15) is 13.8 Å². The van der Waals surface area contributed by atoms with Crippen molar-refractivity contribution in [1.82, 2.24) is 9.80 Å². The minimum absolute atomic E-state index is 0.175. The molecule has 2 aromatic rings. The van der Waals surface area contributed by atoms with Gasteiger partial charge in [0.25, 0.3) is 0 Å². The Labute approximate surface area is 176 Å². The van der Waals surface area contributed by atoms with Crippen molar-refractivity contribution in [1.29, 1.82) is 0 Å². The van der Waals surface area contributed by atoms with Gasteiger partial charge in [0, 0.05) is 37.6 Å². The van der Waals surface area contributed by atoms with Gasteiger partial charge in [0.2, 0.25) is 0 Å². The fraction of sp³-hybridized carbons (Fsp3) is 0.364. The molecule has 0 atom stereocenters. The second-order valence-electron chi connectivity index (χ2n) is 6.75. The Morgan fingerprint density at radius 3 is 1.33 bits per heavy atom. The van der Waals surface area contributed by atoms with E-state index < -0.39 is 0 Å². The van der Waals surface area contributed by atoms with Crippen LogP contribution in [0.5, 0.6) is 11.5 Å². The van der Waals surface area contributed by atoms with E-state index in [4.69, 9.17) is 9.47 Å². The first kappa shape index (κ1) is 21.3. The quantitative estimate of drug-likeness (QED) is 0.755. The van der Waals surface area contributed by atoms with Crippen molar-refractivity contribution in [2.45, 2.75) is 13.8 Å². The van der Waals surface area contributed by atoms with Gasteiger partial charge in [-0.25, -0.2) is 9.59 Å². The first-order chi connectivity index (χ1) is 14.6. The summed E-state index contributed by atoms with van der Waals surface area (Å²) in [6, 6.07) is 14.2. The molecule has 160 valence electrons. The number of nitrogens with zero attached hydrogens (tertiary/aromatic N) is 2. The maximum Gasteiger partial charge on any atom is 0.321 e. The molecular formula is C22H28N4O4. The molecule has 0 radical (unpaired) electrons. The molecule has 1 heterocycles. The summed E-state index contributed by atoms with van der Waals surface area (Å²) < 4.78 is 10.8. The third-order valence-corrected chi connectivity index (χ3v) is 4.69. The molecule has 2 N–H and O–H groups in total. The van der Waals surface area contributed by atoms with Gasteiger partial charge in [-0.1, -0.05) is 0 Å². The number of urea groups is 2. The van der Waals surface area contributed by atoms with E-state index in [0.29, 0.717) is 50.8 Å². The van der Waals surface area contributed by atoms with Crippen molar-refractivity contribution in [3.05, 3.63) is 48.5 Å². The van der Waals surface area contributed by atoms with Crippen LogP contribution in [0, 0.1) is 0 Å². The maximum absolute atomic E-state index is 12.5. The molecule has 0 bridgehead atoms. The van der Waals surface area contributed by atoms with E-state index in [1.54, 1.807) is 9.80 Å². The normalized spacial score (nSPS) is 13.5. The summed E-state index contributed by atoms with van der Waals surface area (Å²) in [4.78, 5) is 28.4. The Balaban J connectivity index is 1.45. The minimum Gasteiger partial charge on any atom is -0.494 e. The van der Waals surface area contributed by atoms with Crippen LogP contribution < -0.4 is 20.1 Å². The third kappa shape index (κ3) is 5.79. The lowest BCUT2D eigenvalue weighted by atomic mass is 10.3. The average Bonchev–Trinajstić information content (AvgIpc) is 2.77. The first-order valence-corrected chi connectivity index (χ1v) is 10.2. The van der Waals surface area contributed by atoms with Gasteiger partial charge in [-0.2, -0.15) is 0 Å². The average molecular weight is 412 g/mol. The van der Waals surface area contributed by atoms with Gasteiger partial charge in [0.05, 0.1) is 13.2 Å². The zero-order valence-corrected chi connectivity index (χ0v) is 17.4. The molecular weight excluding hydrogens is 384 g/mol. The maximum atomic E-state index is 12.5. The number of rotatable bonds is 6. The summed E-state index contributed by atoms with van der Waals surface area (Å²) in [6.07, 6.45) is 0.